The lowest BCUT2D eigenvalue weighted by Crippen LogP contribution is -2.64. The van der Waals surface area contributed by atoms with E-state index in [4.69, 9.17) is 5.73 Å². The van der Waals surface area contributed by atoms with Gasteiger partial charge in [0, 0.05) is 44.4 Å². The summed E-state index contributed by atoms with van der Waals surface area (Å²) in [6.45, 7) is 17.7. The third kappa shape index (κ3) is 17.9. The van der Waals surface area contributed by atoms with Crippen molar-refractivity contribution < 1.29 is 78.0 Å². The van der Waals surface area contributed by atoms with Crippen LogP contribution in [-0.4, -0.2) is 176 Å². The highest BCUT2D eigenvalue weighted by molar-refractivity contribution is 7.91. The minimum absolute atomic E-state index is 0.0338. The Morgan fingerprint density at radius 3 is 1.94 bits per heavy atom. The summed E-state index contributed by atoms with van der Waals surface area (Å²) in [5.41, 5.74) is 1.95. The summed E-state index contributed by atoms with van der Waals surface area (Å²) in [7, 11) is -8.04. The van der Waals surface area contributed by atoms with Crippen molar-refractivity contribution >= 4 is 78.7 Å². The van der Waals surface area contributed by atoms with Crippen LogP contribution in [0.25, 0.3) is 0 Å². The first-order chi connectivity index (χ1) is 47.7. The number of ketones is 2. The Kier molecular flexibility index (Phi) is 23.8. The molecule has 30 heteroatoms. The van der Waals surface area contributed by atoms with Crippen LogP contribution in [0.15, 0.2) is 65.2 Å². The minimum atomic E-state index is -4.82. The van der Waals surface area contributed by atoms with Crippen molar-refractivity contribution in [3.05, 3.63) is 67.4 Å². The number of sulfone groups is 2. The molecule has 7 aliphatic rings. The van der Waals surface area contributed by atoms with Crippen LogP contribution in [0.4, 0.5) is 22.8 Å². The number of alkyl halides is 3. The molecule has 0 bridgehead atoms. The molecule has 0 spiro atoms. The van der Waals surface area contributed by atoms with Crippen molar-refractivity contribution in [2.45, 2.75) is 222 Å². The lowest BCUT2D eigenvalue weighted by molar-refractivity contribution is -0.148. The van der Waals surface area contributed by atoms with Crippen molar-refractivity contribution in [2.75, 3.05) is 31.1 Å². The van der Waals surface area contributed by atoms with Crippen LogP contribution in [0, 0.1) is 75.7 Å². The lowest BCUT2D eigenvalue weighted by Gasteiger charge is -2.41. The summed E-state index contributed by atoms with van der Waals surface area (Å²) in [5.74, 6) is -11.5. The molecule has 2 saturated heterocycles. The number of hydrogen-bond donors (Lipinski definition) is 8. The average molecular weight is 1460 g/mol. The first-order valence-electron chi connectivity index (χ1n) is 35.7. The van der Waals surface area contributed by atoms with Crippen molar-refractivity contribution in [2.24, 2.45) is 69.3 Å². The summed E-state index contributed by atoms with van der Waals surface area (Å²) in [5, 5.41) is 18.8. The van der Waals surface area contributed by atoms with E-state index in [0.717, 1.165) is 25.7 Å². The zero-order chi connectivity index (χ0) is 74.8. The highest BCUT2D eigenvalue weighted by Crippen LogP contribution is 2.69. The van der Waals surface area contributed by atoms with Gasteiger partial charge in [0.2, 0.25) is 35.2 Å². The Hall–Kier alpha value is -7.68. The standard InChI is InChI=1S/C72H100F3N11O14S2/c1-10-33-78-63(92)58(88)48(29-32-72(73,74)75)79-62(91)56-53-47(38-86(56)65(94)59(68(4,5)6)83-67(96)84-71(30-16-12-17-31-71)40-102(99,100)51-24-15-18-34-77-51)70(53,9)36-43-25-27-44(28-26-43)54(82-66(95)81-50(41(2)3)39-101(97,98)45-22-13-11-14-23-45)64(93)85-37-46-52(69(46,7)8)55(85)61(90)80-49(57(87)60(76)89)35-42-20-19-21-42/h10,13,15,18,22-24,34,41-44,46-50,52-56,59H,1,12,16-17,19-21,25-33,35-40H2,2-9H3,(H2,76,89)(H,78,92)(H,79,91)(H,80,90)(H2,81,82,95)(H2,83,84,96)/t43?,44?,46-,47?,48?,49?,50-,52?,53?,54+,55+,56+,59-,70?/m1/s1. The fourth-order valence-electron chi connectivity index (χ4n) is 17.0. The number of pyridine rings is 1. The minimum Gasteiger partial charge on any atom is -0.363 e. The van der Waals surface area contributed by atoms with Gasteiger partial charge in [0.05, 0.1) is 34.0 Å². The van der Waals surface area contributed by atoms with Gasteiger partial charge in [-0.15, -0.1) is 6.58 Å². The number of nitrogens with one attached hydrogen (secondary N) is 7. The zero-order valence-corrected chi connectivity index (χ0v) is 61.1. The summed E-state index contributed by atoms with van der Waals surface area (Å²) >= 11 is 0. The average Bonchev–Trinajstić information content (AvgIpc) is 1.52. The van der Waals surface area contributed by atoms with E-state index in [2.05, 4.69) is 60.9 Å². The van der Waals surface area contributed by atoms with E-state index in [9.17, 15) is 63.6 Å². The van der Waals surface area contributed by atoms with Gasteiger partial charge in [0.15, 0.2) is 24.7 Å². The molecule has 6 unspecified atom stereocenters. The number of fused-ring (bicyclic) bond motifs is 2. The van der Waals surface area contributed by atoms with E-state index in [1.54, 1.807) is 40.7 Å². The fraction of sp³-hybridized carbons (Fsp3) is 0.681. The maximum atomic E-state index is 15.6. The Bertz CT molecular complexity index is 3730. The molecule has 25 nitrogen and oxygen atoms in total. The molecule has 102 heavy (non-hydrogen) atoms. The Labute approximate surface area is 595 Å². The normalized spacial score (nSPS) is 26.5. The molecular weight excluding hydrogens is 1360 g/mol. The molecule has 560 valence electrons. The largest absolute Gasteiger partial charge is 0.389 e. The number of halogens is 3. The second kappa shape index (κ2) is 30.9. The van der Waals surface area contributed by atoms with Crippen molar-refractivity contribution in [3.63, 3.8) is 0 Å². The van der Waals surface area contributed by atoms with Gasteiger partial charge in [-0.1, -0.05) is 131 Å². The molecular formula is C72H100F3N11O14S2. The Balaban J connectivity index is 0.975. The molecule has 1 aromatic carbocycles. The highest BCUT2D eigenvalue weighted by Gasteiger charge is 2.73. The number of hydrogen-bond acceptors (Lipinski definition) is 15. The van der Waals surface area contributed by atoms with Crippen LogP contribution >= 0.6 is 0 Å². The molecule has 2 aromatic rings. The summed E-state index contributed by atoms with van der Waals surface area (Å²) in [6, 6.07) is 2.65. The number of likely N-dealkylation sites (tertiary alicyclic amines) is 2. The highest BCUT2D eigenvalue weighted by atomic mass is 32.2. The second-order valence-electron chi connectivity index (χ2n) is 31.9. The maximum Gasteiger partial charge on any atom is 0.389 e. The molecule has 5 aliphatic carbocycles. The fourth-order valence-corrected chi connectivity index (χ4v) is 20.4. The first-order valence-corrected chi connectivity index (χ1v) is 39.0. The monoisotopic (exact) mass is 1460 g/mol. The smallest absolute Gasteiger partial charge is 0.363 e. The number of nitrogens with zero attached hydrogens (tertiary/aromatic N) is 3. The Morgan fingerprint density at radius 1 is 0.735 bits per heavy atom. The van der Waals surface area contributed by atoms with Crippen LogP contribution < -0.4 is 43.0 Å². The van der Waals surface area contributed by atoms with E-state index in [0.29, 0.717) is 57.8 Å². The van der Waals surface area contributed by atoms with Crippen molar-refractivity contribution in [3.8, 4) is 0 Å². The number of rotatable bonds is 30. The van der Waals surface area contributed by atoms with Crippen molar-refractivity contribution in [1.29, 1.82) is 0 Å². The van der Waals surface area contributed by atoms with Gasteiger partial charge in [0.1, 0.15) is 24.2 Å². The number of amides is 10. The number of primary amides is 1. The number of carbonyl (C=O) groups excluding carboxylic acids is 10. The second-order valence-corrected chi connectivity index (χ2v) is 35.9. The third-order valence-electron chi connectivity index (χ3n) is 23.1. The van der Waals surface area contributed by atoms with E-state index in [1.807, 2.05) is 20.8 Å². The number of Topliss-reactive ketones (excluding diaryl/α,β-unsaturated/α-hetero) is 2. The molecule has 5 saturated carbocycles. The van der Waals surface area contributed by atoms with Crippen LogP contribution in [0.2, 0.25) is 0 Å². The molecule has 10 amide bonds. The van der Waals surface area contributed by atoms with E-state index >= 15 is 14.4 Å². The van der Waals surface area contributed by atoms with Gasteiger partial charge in [-0.2, -0.15) is 13.2 Å². The van der Waals surface area contributed by atoms with Gasteiger partial charge < -0.3 is 52.8 Å². The van der Waals surface area contributed by atoms with Gasteiger partial charge in [0.25, 0.3) is 11.8 Å². The number of urea groups is 2. The van der Waals surface area contributed by atoms with E-state index in [-0.39, 0.29) is 59.6 Å². The number of nitrogens with two attached hydrogens (primary N) is 1. The topological polar surface area (TPSA) is 369 Å². The van der Waals surface area contributed by atoms with Crippen LogP contribution in [-0.2, 0) is 58.0 Å². The molecule has 2 aliphatic heterocycles. The predicted octanol–water partition coefficient (Wildman–Crippen LogP) is 5.61. The summed E-state index contributed by atoms with van der Waals surface area (Å²) in [4.78, 5) is 149. The number of piperidine rings is 2. The number of carbonyl (C=O) groups is 10. The van der Waals surface area contributed by atoms with Gasteiger partial charge in [-0.3, -0.25) is 38.4 Å². The summed E-state index contributed by atoms with van der Waals surface area (Å²) in [6.07, 6.45) is 2.36. The third-order valence-corrected chi connectivity index (χ3v) is 26.7. The maximum absolute atomic E-state index is 15.6. The molecule has 3 heterocycles. The van der Waals surface area contributed by atoms with Gasteiger partial charge in [-0.05, 0) is 133 Å². The molecule has 1 aromatic heterocycles. The van der Waals surface area contributed by atoms with E-state index < -0.39 is 197 Å². The lowest BCUT2D eigenvalue weighted by atomic mass is 9.73. The molecule has 0 radical (unpaired) electrons. The SMILES string of the molecule is C=CCNC(=O)C(=O)C(CCC(F)(F)F)NC(=O)[C@@H]1C2C(CN1C(=O)[C@@H](NC(=O)NC1(CS(=O)(=O)c3ccccn3)CCCCC1)C(C)(C)C)C2(C)CC1CCC([C@H](NC(=O)N[C@H](CS(=O)(=O)c2cc#ccc2)C(C)C)C(=O)N2C[C@@H]3C([C@H]2C(=O)NC(CC2CCC2)C(=O)C(N)=O)C3(C)C)CC1. The zero-order valence-electron chi connectivity index (χ0n) is 59.4. The van der Waals surface area contributed by atoms with E-state index in [1.165, 1.54) is 52.4 Å². The number of aromatic nitrogens is 1. The summed E-state index contributed by atoms with van der Waals surface area (Å²) < 4.78 is 97.0. The van der Waals surface area contributed by atoms with Gasteiger partial charge >= 0.3 is 18.2 Å². The predicted molar refractivity (Wildman–Crippen MR) is 368 cm³/mol. The van der Waals surface area contributed by atoms with Crippen molar-refractivity contribution in [1.82, 2.24) is 52.0 Å². The quantitative estimate of drug-likeness (QED) is 0.0348. The van der Waals surface area contributed by atoms with Crippen LogP contribution in [0.3, 0.4) is 0 Å². The van der Waals surface area contributed by atoms with Crippen LogP contribution in [0.1, 0.15) is 158 Å². The Morgan fingerprint density at radius 2 is 1.37 bits per heavy atom. The van der Waals surface area contributed by atoms with Gasteiger partial charge in [-0.25, -0.2) is 31.4 Å². The molecule has 9 rings (SSSR count). The van der Waals surface area contributed by atoms with Crippen LogP contribution in [0.5, 0.6) is 0 Å². The molecule has 7 fully saturated rings. The molecule has 9 N–H and O–H groups in total. The first kappa shape index (κ1) is 78.5. The molecule has 12 atom stereocenters.